The molecule has 6 heteroatoms. The second kappa shape index (κ2) is 11.4. The van der Waals surface area contributed by atoms with Gasteiger partial charge in [0.05, 0.1) is 13.7 Å². The normalized spacial score (nSPS) is 20.5. The Morgan fingerprint density at radius 2 is 2.12 bits per heavy atom. The highest BCUT2D eigenvalue weighted by Gasteiger charge is 2.21. The number of hydrogen-bond acceptors (Lipinski definition) is 3. The zero-order valence-electron chi connectivity index (χ0n) is 15.5. The van der Waals surface area contributed by atoms with Crippen LogP contribution in [0.25, 0.3) is 0 Å². The molecular weight excluding hydrogens is 429 g/mol. The summed E-state index contributed by atoms with van der Waals surface area (Å²) in [5.41, 5.74) is 0.959. The molecule has 0 aromatic heterocycles. The summed E-state index contributed by atoms with van der Waals surface area (Å²) >= 11 is 0. The fraction of sp³-hybridized carbons (Fsp3) is 0.632. The summed E-state index contributed by atoms with van der Waals surface area (Å²) in [5.74, 6) is 2.33. The number of ether oxygens (including phenoxy) is 1. The van der Waals surface area contributed by atoms with Crippen molar-refractivity contribution in [2.24, 2.45) is 10.9 Å². The lowest BCUT2D eigenvalue weighted by molar-refractivity contribution is 0.298. The minimum Gasteiger partial charge on any atom is -0.504 e. The van der Waals surface area contributed by atoms with Crippen molar-refractivity contribution in [2.75, 3.05) is 13.7 Å². The van der Waals surface area contributed by atoms with Crippen molar-refractivity contribution in [2.45, 2.75) is 58.5 Å². The summed E-state index contributed by atoms with van der Waals surface area (Å²) in [6, 6.07) is 5.91. The van der Waals surface area contributed by atoms with E-state index >= 15 is 0 Å². The number of halogens is 1. The highest BCUT2D eigenvalue weighted by molar-refractivity contribution is 14.0. The van der Waals surface area contributed by atoms with E-state index < -0.39 is 0 Å². The van der Waals surface area contributed by atoms with E-state index in [1.54, 1.807) is 19.2 Å². The number of aromatic hydroxyl groups is 1. The Bertz CT molecular complexity index is 551. The molecule has 2 atom stereocenters. The van der Waals surface area contributed by atoms with Crippen LogP contribution in [0.5, 0.6) is 11.5 Å². The highest BCUT2D eigenvalue weighted by Crippen LogP contribution is 2.27. The average Bonchev–Trinajstić information content (AvgIpc) is 2.60. The summed E-state index contributed by atoms with van der Waals surface area (Å²) in [4.78, 5) is 4.67. The second-order valence-corrected chi connectivity index (χ2v) is 6.48. The molecule has 0 radical (unpaired) electrons. The first kappa shape index (κ1) is 21.9. The van der Waals surface area contributed by atoms with E-state index in [4.69, 9.17) is 4.74 Å². The first-order valence-corrected chi connectivity index (χ1v) is 9.07. The number of nitrogens with zero attached hydrogens (tertiary/aromatic N) is 1. The fourth-order valence-corrected chi connectivity index (χ4v) is 3.31. The molecule has 2 unspecified atom stereocenters. The number of nitrogens with one attached hydrogen (secondary N) is 2. The number of phenols is 1. The van der Waals surface area contributed by atoms with Crippen LogP contribution in [-0.2, 0) is 6.54 Å². The molecule has 0 amide bonds. The topological polar surface area (TPSA) is 65.9 Å². The molecule has 2 rings (SSSR count). The number of aliphatic imine (C=N–C) groups is 1. The molecule has 0 heterocycles. The van der Waals surface area contributed by atoms with Gasteiger partial charge in [0, 0.05) is 12.6 Å². The van der Waals surface area contributed by atoms with Crippen LogP contribution in [0.3, 0.4) is 0 Å². The third kappa shape index (κ3) is 6.92. The van der Waals surface area contributed by atoms with Crippen LogP contribution in [0, 0.1) is 5.92 Å². The first-order chi connectivity index (χ1) is 11.7. The van der Waals surface area contributed by atoms with Crippen molar-refractivity contribution in [3.63, 3.8) is 0 Å². The predicted octanol–water partition coefficient (Wildman–Crippen LogP) is 4.04. The number of hydrogen-bond donors (Lipinski definition) is 3. The standard InChI is InChI=1S/C19H31N3O2.HI/c1-4-14-7-6-8-16(11-14)22-19(20-5-2)21-13-15-9-10-18(24-3)17(23)12-15;/h9-10,12,14,16,23H,4-8,11,13H2,1-3H3,(H2,20,21,22);1H. The Kier molecular flexibility index (Phi) is 10.0. The van der Waals surface area contributed by atoms with Crippen molar-refractivity contribution in [3.8, 4) is 11.5 Å². The van der Waals surface area contributed by atoms with Gasteiger partial charge < -0.3 is 20.5 Å². The maximum Gasteiger partial charge on any atom is 0.191 e. The Morgan fingerprint density at radius 1 is 1.32 bits per heavy atom. The van der Waals surface area contributed by atoms with Crippen LogP contribution in [-0.4, -0.2) is 30.8 Å². The van der Waals surface area contributed by atoms with Crippen molar-refractivity contribution in [1.29, 1.82) is 0 Å². The molecule has 142 valence electrons. The lowest BCUT2D eigenvalue weighted by Crippen LogP contribution is -2.45. The summed E-state index contributed by atoms with van der Waals surface area (Å²) in [7, 11) is 1.55. The van der Waals surface area contributed by atoms with Gasteiger partial charge in [-0.25, -0.2) is 4.99 Å². The molecule has 1 aromatic carbocycles. The van der Waals surface area contributed by atoms with Gasteiger partial charge in [-0.1, -0.05) is 32.3 Å². The van der Waals surface area contributed by atoms with Crippen molar-refractivity contribution < 1.29 is 9.84 Å². The van der Waals surface area contributed by atoms with Gasteiger partial charge >= 0.3 is 0 Å². The monoisotopic (exact) mass is 461 g/mol. The Morgan fingerprint density at radius 3 is 2.76 bits per heavy atom. The maximum absolute atomic E-state index is 9.87. The van der Waals surface area contributed by atoms with E-state index in [2.05, 4.69) is 29.5 Å². The van der Waals surface area contributed by atoms with Crippen molar-refractivity contribution in [1.82, 2.24) is 10.6 Å². The molecule has 1 aromatic rings. The first-order valence-electron chi connectivity index (χ1n) is 9.07. The molecule has 0 saturated heterocycles. The van der Waals surface area contributed by atoms with E-state index in [1.807, 2.05) is 6.07 Å². The molecule has 0 spiro atoms. The van der Waals surface area contributed by atoms with Gasteiger partial charge in [-0.2, -0.15) is 0 Å². The second-order valence-electron chi connectivity index (χ2n) is 6.48. The van der Waals surface area contributed by atoms with Crippen LogP contribution >= 0.6 is 24.0 Å². The summed E-state index contributed by atoms with van der Waals surface area (Å²) in [6.07, 6.45) is 6.35. The van der Waals surface area contributed by atoms with Gasteiger partial charge in [0.1, 0.15) is 0 Å². The van der Waals surface area contributed by atoms with Crippen molar-refractivity contribution in [3.05, 3.63) is 23.8 Å². The van der Waals surface area contributed by atoms with Gasteiger partial charge in [-0.3, -0.25) is 0 Å². The Balaban J connectivity index is 0.00000312. The molecule has 0 aliphatic heterocycles. The largest absolute Gasteiger partial charge is 0.504 e. The van der Waals surface area contributed by atoms with E-state index in [0.717, 1.165) is 24.0 Å². The van der Waals surface area contributed by atoms with Crippen LogP contribution in [0.2, 0.25) is 0 Å². The summed E-state index contributed by atoms with van der Waals surface area (Å²) < 4.78 is 5.07. The summed E-state index contributed by atoms with van der Waals surface area (Å²) in [6.45, 7) is 5.72. The van der Waals surface area contributed by atoms with E-state index in [1.165, 1.54) is 32.1 Å². The predicted molar refractivity (Wildman–Crippen MR) is 114 cm³/mol. The molecule has 1 aliphatic rings. The minimum atomic E-state index is 0. The zero-order valence-corrected chi connectivity index (χ0v) is 17.9. The lowest BCUT2D eigenvalue weighted by Gasteiger charge is -2.30. The SMILES string of the molecule is CCNC(=NCc1ccc(OC)c(O)c1)NC1CCCC(CC)C1.I. The number of rotatable bonds is 6. The van der Waals surface area contributed by atoms with Crippen LogP contribution in [0.4, 0.5) is 0 Å². The maximum atomic E-state index is 9.87. The molecule has 1 fully saturated rings. The van der Waals surface area contributed by atoms with Crippen LogP contribution < -0.4 is 15.4 Å². The van der Waals surface area contributed by atoms with Gasteiger partial charge in [0.15, 0.2) is 17.5 Å². The lowest BCUT2D eigenvalue weighted by atomic mass is 9.84. The average molecular weight is 461 g/mol. The smallest absolute Gasteiger partial charge is 0.191 e. The molecule has 25 heavy (non-hydrogen) atoms. The number of benzene rings is 1. The quantitative estimate of drug-likeness (QED) is 0.340. The van der Waals surface area contributed by atoms with Gasteiger partial charge in [-0.15, -0.1) is 24.0 Å². The number of phenolic OH excluding ortho intramolecular Hbond substituents is 1. The summed E-state index contributed by atoms with van der Waals surface area (Å²) in [5, 5.41) is 16.8. The highest BCUT2D eigenvalue weighted by atomic mass is 127. The number of guanidine groups is 1. The molecule has 1 saturated carbocycles. The van der Waals surface area contributed by atoms with Crippen LogP contribution in [0.1, 0.15) is 51.5 Å². The third-order valence-corrected chi connectivity index (χ3v) is 4.71. The fourth-order valence-electron chi connectivity index (χ4n) is 3.31. The van der Waals surface area contributed by atoms with E-state index in [0.29, 0.717) is 18.3 Å². The van der Waals surface area contributed by atoms with Gasteiger partial charge in [0.2, 0.25) is 0 Å². The molecule has 5 nitrogen and oxygen atoms in total. The molecule has 3 N–H and O–H groups in total. The third-order valence-electron chi connectivity index (χ3n) is 4.71. The van der Waals surface area contributed by atoms with Crippen molar-refractivity contribution >= 4 is 29.9 Å². The van der Waals surface area contributed by atoms with Gasteiger partial charge in [0.25, 0.3) is 0 Å². The van der Waals surface area contributed by atoms with E-state index in [-0.39, 0.29) is 29.7 Å². The molecular formula is C19H32IN3O2. The zero-order chi connectivity index (χ0) is 17.4. The van der Waals surface area contributed by atoms with E-state index in [9.17, 15) is 5.11 Å². The van der Waals surface area contributed by atoms with Gasteiger partial charge in [-0.05, 0) is 43.4 Å². The molecule has 1 aliphatic carbocycles. The Hall–Kier alpha value is -1.18. The Labute approximate surface area is 168 Å². The van der Waals surface area contributed by atoms with Crippen LogP contribution in [0.15, 0.2) is 23.2 Å². The molecule has 0 bridgehead atoms. The minimum absolute atomic E-state index is 0. The number of methoxy groups -OCH3 is 1.